The van der Waals surface area contributed by atoms with Crippen molar-refractivity contribution in [2.75, 3.05) is 26.8 Å². The summed E-state index contributed by atoms with van der Waals surface area (Å²) in [4.78, 5) is 22.8. The van der Waals surface area contributed by atoms with E-state index >= 15 is 0 Å². The molecular weight excluding hydrogens is 487 g/mol. The van der Waals surface area contributed by atoms with E-state index in [9.17, 15) is 26.7 Å². The first-order valence-electron chi connectivity index (χ1n) is 11.2. The normalized spacial score (nSPS) is 17.1. The van der Waals surface area contributed by atoms with Gasteiger partial charge in [-0.2, -0.15) is 5.10 Å². The van der Waals surface area contributed by atoms with Crippen LogP contribution in [0.4, 0.5) is 22.0 Å². The number of rotatable bonds is 7. The topological polar surface area (TPSA) is 77.6 Å². The SMILES string of the molecule is COCCC1CCN(C(=O)c2cc3c(cn2)c(-c2cnc4c(F)cc(F)cn24)nn3C(F)C(F)F)C1. The number of carbonyl (C=O) groups is 1. The number of alkyl halides is 3. The van der Waals surface area contributed by atoms with Crippen molar-refractivity contribution in [2.45, 2.75) is 25.6 Å². The van der Waals surface area contributed by atoms with Gasteiger partial charge >= 0.3 is 0 Å². The number of halogens is 5. The lowest BCUT2D eigenvalue weighted by Crippen LogP contribution is -2.29. The third-order valence-electron chi connectivity index (χ3n) is 6.33. The van der Waals surface area contributed by atoms with Crippen molar-refractivity contribution >= 4 is 22.5 Å². The molecule has 1 saturated heterocycles. The Morgan fingerprint density at radius 2 is 2.00 bits per heavy atom. The zero-order valence-corrected chi connectivity index (χ0v) is 19.0. The first-order chi connectivity index (χ1) is 17.3. The van der Waals surface area contributed by atoms with Gasteiger partial charge in [0.25, 0.3) is 18.6 Å². The molecule has 1 aliphatic rings. The van der Waals surface area contributed by atoms with Gasteiger partial charge in [0.15, 0.2) is 11.5 Å². The van der Waals surface area contributed by atoms with E-state index in [1.165, 1.54) is 18.5 Å². The molecule has 0 saturated carbocycles. The van der Waals surface area contributed by atoms with Crippen molar-refractivity contribution in [3.05, 3.63) is 48.1 Å². The second kappa shape index (κ2) is 9.45. The van der Waals surface area contributed by atoms with Crippen LogP contribution in [0.2, 0.25) is 0 Å². The molecule has 4 aromatic rings. The van der Waals surface area contributed by atoms with E-state index in [0.29, 0.717) is 30.4 Å². The van der Waals surface area contributed by atoms with Crippen LogP contribution in [0, 0.1) is 17.6 Å². The monoisotopic (exact) mass is 508 g/mol. The number of ether oxygens (including phenoxy) is 1. The zero-order valence-electron chi connectivity index (χ0n) is 19.0. The molecule has 4 aromatic heterocycles. The second-order valence-electron chi connectivity index (χ2n) is 8.62. The predicted octanol–water partition coefficient (Wildman–Crippen LogP) is 4.26. The lowest BCUT2D eigenvalue weighted by atomic mass is 10.1. The van der Waals surface area contributed by atoms with Gasteiger partial charge in [-0.3, -0.25) is 14.2 Å². The van der Waals surface area contributed by atoms with E-state index in [1.807, 2.05) is 0 Å². The largest absolute Gasteiger partial charge is 0.385 e. The number of pyridine rings is 2. The maximum Gasteiger partial charge on any atom is 0.289 e. The maximum atomic E-state index is 14.6. The average molecular weight is 508 g/mol. The number of hydrogen-bond donors (Lipinski definition) is 0. The van der Waals surface area contributed by atoms with E-state index in [4.69, 9.17) is 4.74 Å². The summed E-state index contributed by atoms with van der Waals surface area (Å²) >= 11 is 0. The van der Waals surface area contributed by atoms with E-state index in [1.54, 1.807) is 12.0 Å². The fourth-order valence-corrected chi connectivity index (χ4v) is 4.52. The standard InChI is InChI=1S/C23H21F5N6O2/c1-36-5-3-12-2-4-32(10-12)23(35)16-7-17-14(8-29-16)19(31-34(17)21(28)20(26)27)18-9-30-22-15(25)6-13(24)11-33(18)22/h6-9,11-12,20-21H,2-5,10H2,1H3. The molecule has 13 heteroatoms. The molecule has 1 aliphatic heterocycles. The summed E-state index contributed by atoms with van der Waals surface area (Å²) in [6.07, 6.45) is -1.32. The Morgan fingerprint density at radius 3 is 2.75 bits per heavy atom. The Labute approximate surface area is 201 Å². The lowest BCUT2D eigenvalue weighted by molar-refractivity contribution is 0.00356. The maximum absolute atomic E-state index is 14.6. The summed E-state index contributed by atoms with van der Waals surface area (Å²) in [6.45, 7) is 1.56. The molecule has 36 heavy (non-hydrogen) atoms. The summed E-state index contributed by atoms with van der Waals surface area (Å²) in [5.74, 6) is -2.00. The molecule has 0 bridgehead atoms. The number of fused-ring (bicyclic) bond motifs is 2. The lowest BCUT2D eigenvalue weighted by Gasteiger charge is -2.16. The molecule has 1 fully saturated rings. The van der Waals surface area contributed by atoms with Gasteiger partial charge in [-0.25, -0.2) is 31.6 Å². The number of amides is 1. The quantitative estimate of drug-likeness (QED) is 0.349. The molecule has 2 atom stereocenters. The Morgan fingerprint density at radius 1 is 1.19 bits per heavy atom. The van der Waals surface area contributed by atoms with E-state index in [-0.39, 0.29) is 39.5 Å². The van der Waals surface area contributed by atoms with Crippen molar-refractivity contribution in [1.29, 1.82) is 0 Å². The van der Waals surface area contributed by atoms with Gasteiger partial charge in [-0.15, -0.1) is 0 Å². The number of methoxy groups -OCH3 is 1. The van der Waals surface area contributed by atoms with Crippen molar-refractivity contribution < 1.29 is 31.5 Å². The Balaban J connectivity index is 1.58. The third kappa shape index (κ3) is 4.16. The first kappa shape index (κ1) is 24.1. The highest BCUT2D eigenvalue weighted by Gasteiger charge is 2.30. The molecular formula is C23H21F5N6O2. The number of carbonyl (C=O) groups excluding carboxylic acids is 1. The number of hydrogen-bond acceptors (Lipinski definition) is 5. The van der Waals surface area contributed by atoms with Crippen LogP contribution in [0.1, 0.15) is 29.6 Å². The van der Waals surface area contributed by atoms with Crippen LogP contribution < -0.4 is 0 Å². The second-order valence-corrected chi connectivity index (χ2v) is 8.62. The molecule has 5 heterocycles. The van der Waals surface area contributed by atoms with Gasteiger partial charge in [0.1, 0.15) is 17.2 Å². The van der Waals surface area contributed by atoms with Gasteiger partial charge in [0.05, 0.1) is 17.4 Å². The van der Waals surface area contributed by atoms with Crippen LogP contribution in [0.15, 0.2) is 30.7 Å². The fourth-order valence-electron chi connectivity index (χ4n) is 4.52. The smallest absolute Gasteiger partial charge is 0.289 e. The van der Waals surface area contributed by atoms with Crippen LogP contribution in [-0.2, 0) is 4.74 Å². The van der Waals surface area contributed by atoms with E-state index in [0.717, 1.165) is 23.4 Å². The number of imidazole rings is 1. The predicted molar refractivity (Wildman–Crippen MR) is 118 cm³/mol. The van der Waals surface area contributed by atoms with Crippen molar-refractivity contribution in [1.82, 2.24) is 29.0 Å². The minimum Gasteiger partial charge on any atom is -0.385 e. The number of aromatic nitrogens is 5. The highest BCUT2D eigenvalue weighted by Crippen LogP contribution is 2.33. The summed E-state index contributed by atoms with van der Waals surface area (Å²) < 4.78 is 75.9. The van der Waals surface area contributed by atoms with Gasteiger partial charge in [0.2, 0.25) is 0 Å². The Hall–Kier alpha value is -3.61. The van der Waals surface area contributed by atoms with Gasteiger partial charge in [-0.05, 0) is 24.8 Å². The summed E-state index contributed by atoms with van der Waals surface area (Å²) in [5, 5.41) is 4.10. The van der Waals surface area contributed by atoms with Crippen molar-refractivity contribution in [2.24, 2.45) is 5.92 Å². The fraction of sp³-hybridized carbons (Fsp3) is 0.391. The van der Waals surface area contributed by atoms with Crippen molar-refractivity contribution in [3.63, 3.8) is 0 Å². The number of nitrogens with zero attached hydrogens (tertiary/aromatic N) is 6. The molecule has 0 N–H and O–H groups in total. The molecule has 0 radical (unpaired) electrons. The Kier molecular flexibility index (Phi) is 6.33. The molecule has 1 amide bonds. The minimum absolute atomic E-state index is 0.0371. The third-order valence-corrected chi connectivity index (χ3v) is 6.33. The van der Waals surface area contributed by atoms with Crippen LogP contribution in [0.5, 0.6) is 0 Å². The highest BCUT2D eigenvalue weighted by atomic mass is 19.3. The zero-order chi connectivity index (χ0) is 25.6. The summed E-state index contributed by atoms with van der Waals surface area (Å²) in [5.41, 5.74) is -0.429. The van der Waals surface area contributed by atoms with Crippen LogP contribution >= 0.6 is 0 Å². The first-order valence-corrected chi connectivity index (χ1v) is 11.2. The average Bonchev–Trinajstić information content (AvgIpc) is 3.58. The number of likely N-dealkylation sites (tertiary alicyclic amines) is 1. The van der Waals surface area contributed by atoms with Crippen molar-refractivity contribution in [3.8, 4) is 11.4 Å². The molecule has 5 rings (SSSR count). The summed E-state index contributed by atoms with van der Waals surface area (Å²) in [6, 6.07) is 1.85. The van der Waals surface area contributed by atoms with Gasteiger partial charge in [-0.1, -0.05) is 0 Å². The molecule has 190 valence electrons. The van der Waals surface area contributed by atoms with Crippen LogP contribution in [0.3, 0.4) is 0 Å². The van der Waals surface area contributed by atoms with Crippen LogP contribution in [-0.4, -0.2) is 68.2 Å². The molecule has 2 unspecified atom stereocenters. The molecule has 0 spiro atoms. The van der Waals surface area contributed by atoms with E-state index in [2.05, 4.69) is 15.1 Å². The Bertz CT molecular complexity index is 1440. The molecule has 0 aromatic carbocycles. The molecule has 8 nitrogen and oxygen atoms in total. The van der Waals surface area contributed by atoms with Gasteiger partial charge in [0, 0.05) is 50.7 Å². The van der Waals surface area contributed by atoms with Crippen LogP contribution in [0.25, 0.3) is 27.9 Å². The molecule has 0 aliphatic carbocycles. The highest BCUT2D eigenvalue weighted by molar-refractivity contribution is 5.99. The van der Waals surface area contributed by atoms with Gasteiger partial charge < -0.3 is 9.64 Å². The summed E-state index contributed by atoms with van der Waals surface area (Å²) in [7, 11) is 1.60. The minimum atomic E-state index is -3.41. The van der Waals surface area contributed by atoms with E-state index < -0.39 is 30.3 Å².